The summed E-state index contributed by atoms with van der Waals surface area (Å²) in [6.45, 7) is 4.55. The van der Waals surface area contributed by atoms with Crippen LogP contribution in [0.2, 0.25) is 0 Å². The molecule has 1 aromatic carbocycles. The van der Waals surface area contributed by atoms with E-state index >= 15 is 0 Å². The smallest absolute Gasteiger partial charge is 0.265 e. The maximum Gasteiger partial charge on any atom is 0.265 e. The van der Waals surface area contributed by atoms with Gasteiger partial charge in [-0.2, -0.15) is 0 Å². The summed E-state index contributed by atoms with van der Waals surface area (Å²) in [7, 11) is 1.49. The fourth-order valence-electron chi connectivity index (χ4n) is 2.56. The maximum atomic E-state index is 12.3. The molecule has 0 aromatic heterocycles. The first kappa shape index (κ1) is 17.1. The highest BCUT2D eigenvalue weighted by atomic mass is 16.5. The minimum Gasteiger partial charge on any atom is -0.493 e. The molecule has 1 aromatic rings. The number of fused-ring (bicyclic) bond motifs is 1. The molecule has 7 nitrogen and oxygen atoms in total. The second kappa shape index (κ2) is 7.32. The molecule has 0 aliphatic carbocycles. The average molecular weight is 322 g/mol. The topological polar surface area (TPSA) is 79.3 Å². The lowest BCUT2D eigenvalue weighted by atomic mass is 10.1. The van der Waals surface area contributed by atoms with Gasteiger partial charge in [0.05, 0.1) is 19.4 Å². The Bertz CT molecular complexity index is 598. The zero-order valence-electron chi connectivity index (χ0n) is 13.7. The lowest BCUT2D eigenvalue weighted by molar-refractivity contribution is -0.131. The van der Waals surface area contributed by atoms with Gasteiger partial charge in [0, 0.05) is 13.1 Å². The van der Waals surface area contributed by atoms with Crippen molar-refractivity contribution in [3.05, 3.63) is 17.7 Å². The molecule has 1 aliphatic heterocycles. The number of hydrogen-bond acceptors (Lipinski definition) is 5. The van der Waals surface area contributed by atoms with E-state index in [1.807, 2.05) is 13.8 Å². The Morgan fingerprint density at radius 2 is 2.09 bits per heavy atom. The third-order valence-electron chi connectivity index (χ3n) is 3.84. The summed E-state index contributed by atoms with van der Waals surface area (Å²) >= 11 is 0. The maximum absolute atomic E-state index is 12.3. The molecule has 0 atom stereocenters. The van der Waals surface area contributed by atoms with Crippen LogP contribution in [0.5, 0.6) is 11.5 Å². The predicted molar refractivity (Wildman–Crippen MR) is 84.7 cm³/mol. The number of amides is 2. The molecule has 1 aliphatic rings. The molecule has 0 unspecified atom stereocenters. The first-order valence-electron chi connectivity index (χ1n) is 7.58. The number of anilines is 1. The minimum absolute atomic E-state index is 0.0606. The van der Waals surface area contributed by atoms with E-state index in [0.29, 0.717) is 35.8 Å². The van der Waals surface area contributed by atoms with Crippen LogP contribution in [0.1, 0.15) is 19.4 Å². The van der Waals surface area contributed by atoms with Crippen molar-refractivity contribution < 1.29 is 24.2 Å². The van der Waals surface area contributed by atoms with Crippen molar-refractivity contribution in [3.63, 3.8) is 0 Å². The van der Waals surface area contributed by atoms with Crippen LogP contribution in [0.3, 0.4) is 0 Å². The minimum atomic E-state index is -0.296. The van der Waals surface area contributed by atoms with Gasteiger partial charge in [-0.3, -0.25) is 14.5 Å². The monoisotopic (exact) mass is 322 g/mol. The van der Waals surface area contributed by atoms with Crippen LogP contribution in [0.25, 0.3) is 0 Å². The molecule has 126 valence electrons. The van der Waals surface area contributed by atoms with Crippen molar-refractivity contribution in [3.8, 4) is 11.5 Å². The highest BCUT2D eigenvalue weighted by molar-refractivity contribution is 6.02. The van der Waals surface area contributed by atoms with Crippen LogP contribution in [-0.4, -0.2) is 55.2 Å². The third kappa shape index (κ3) is 3.39. The number of benzene rings is 1. The van der Waals surface area contributed by atoms with Crippen LogP contribution >= 0.6 is 0 Å². The van der Waals surface area contributed by atoms with Crippen LogP contribution in [0.4, 0.5) is 5.69 Å². The van der Waals surface area contributed by atoms with E-state index in [1.54, 1.807) is 17.0 Å². The normalized spacial score (nSPS) is 13.4. The highest BCUT2D eigenvalue weighted by Gasteiger charge is 2.31. The number of aliphatic hydroxyl groups is 1. The molecule has 0 fully saturated rings. The van der Waals surface area contributed by atoms with E-state index in [2.05, 4.69) is 0 Å². The second-order valence-electron chi connectivity index (χ2n) is 5.14. The van der Waals surface area contributed by atoms with Gasteiger partial charge in [-0.15, -0.1) is 0 Å². The van der Waals surface area contributed by atoms with E-state index in [-0.39, 0.29) is 31.6 Å². The summed E-state index contributed by atoms with van der Waals surface area (Å²) in [6, 6.07) is 3.30. The standard InChI is InChI=1S/C16H22N2O5/c1-4-17(5-2)14(20)8-18-12-6-11(9-19)7-13(22-3)16(12)23-10-15(18)21/h6-7,19H,4-5,8-10H2,1-3H3. The molecule has 23 heavy (non-hydrogen) atoms. The Labute approximate surface area is 135 Å². The van der Waals surface area contributed by atoms with E-state index in [0.717, 1.165) is 0 Å². The molecule has 0 saturated heterocycles. The largest absolute Gasteiger partial charge is 0.493 e. The fraction of sp³-hybridized carbons (Fsp3) is 0.500. The number of rotatable bonds is 6. The van der Waals surface area contributed by atoms with Gasteiger partial charge in [-0.25, -0.2) is 0 Å². The number of hydrogen-bond donors (Lipinski definition) is 1. The number of ether oxygens (including phenoxy) is 2. The lowest BCUT2D eigenvalue weighted by Gasteiger charge is -2.31. The van der Waals surface area contributed by atoms with Crippen LogP contribution in [0.15, 0.2) is 12.1 Å². The van der Waals surface area contributed by atoms with Crippen molar-refractivity contribution in [2.45, 2.75) is 20.5 Å². The number of carbonyl (C=O) groups is 2. The molecule has 1 heterocycles. The third-order valence-corrected chi connectivity index (χ3v) is 3.84. The quantitative estimate of drug-likeness (QED) is 0.837. The van der Waals surface area contributed by atoms with E-state index in [1.165, 1.54) is 12.0 Å². The van der Waals surface area contributed by atoms with Gasteiger partial charge in [0.1, 0.15) is 6.54 Å². The molecule has 0 saturated carbocycles. The predicted octanol–water partition coefficient (Wildman–Crippen LogP) is 0.781. The van der Waals surface area contributed by atoms with E-state index in [9.17, 15) is 14.7 Å². The van der Waals surface area contributed by atoms with Crippen LogP contribution < -0.4 is 14.4 Å². The van der Waals surface area contributed by atoms with Gasteiger partial charge in [0.15, 0.2) is 18.1 Å². The summed E-state index contributed by atoms with van der Waals surface area (Å²) in [6.07, 6.45) is 0. The number of methoxy groups -OCH3 is 1. The Morgan fingerprint density at radius 3 is 2.65 bits per heavy atom. The summed E-state index contributed by atoms with van der Waals surface area (Å²) in [4.78, 5) is 27.6. The molecule has 0 radical (unpaired) electrons. The number of carbonyl (C=O) groups excluding carboxylic acids is 2. The van der Waals surface area contributed by atoms with Gasteiger partial charge in [-0.1, -0.05) is 0 Å². The molecule has 0 spiro atoms. The van der Waals surface area contributed by atoms with Crippen LogP contribution in [-0.2, 0) is 16.2 Å². The first-order chi connectivity index (χ1) is 11.0. The van der Waals surface area contributed by atoms with E-state index < -0.39 is 0 Å². The number of nitrogens with zero attached hydrogens (tertiary/aromatic N) is 2. The van der Waals surface area contributed by atoms with Gasteiger partial charge in [0.2, 0.25) is 5.91 Å². The highest BCUT2D eigenvalue weighted by Crippen LogP contribution is 2.41. The van der Waals surface area contributed by atoms with Crippen molar-refractivity contribution in [1.29, 1.82) is 0 Å². The molecule has 7 heteroatoms. The van der Waals surface area contributed by atoms with Crippen LogP contribution in [0, 0.1) is 0 Å². The Balaban J connectivity index is 2.39. The fourth-order valence-corrected chi connectivity index (χ4v) is 2.56. The average Bonchev–Trinajstić information content (AvgIpc) is 2.57. The zero-order chi connectivity index (χ0) is 17.0. The van der Waals surface area contributed by atoms with Gasteiger partial charge < -0.3 is 19.5 Å². The second-order valence-corrected chi connectivity index (χ2v) is 5.14. The summed E-state index contributed by atoms with van der Waals surface area (Å²) in [5.74, 6) is 0.413. The Kier molecular flexibility index (Phi) is 5.44. The van der Waals surface area contributed by atoms with Gasteiger partial charge in [0.25, 0.3) is 5.91 Å². The molecular weight excluding hydrogens is 300 g/mol. The van der Waals surface area contributed by atoms with Crippen molar-refractivity contribution in [2.75, 3.05) is 38.3 Å². The van der Waals surface area contributed by atoms with Crippen molar-refractivity contribution >= 4 is 17.5 Å². The molecule has 2 amide bonds. The SMILES string of the molecule is CCN(CC)C(=O)CN1C(=O)COc2c(OC)cc(CO)cc21. The lowest BCUT2D eigenvalue weighted by Crippen LogP contribution is -2.46. The molecule has 0 bridgehead atoms. The first-order valence-corrected chi connectivity index (χ1v) is 7.58. The Hall–Kier alpha value is -2.28. The molecular formula is C16H22N2O5. The van der Waals surface area contributed by atoms with E-state index in [4.69, 9.17) is 9.47 Å². The van der Waals surface area contributed by atoms with Gasteiger partial charge in [-0.05, 0) is 31.5 Å². The van der Waals surface area contributed by atoms with Crippen molar-refractivity contribution in [1.82, 2.24) is 4.90 Å². The molecule has 1 N–H and O–H groups in total. The zero-order valence-corrected chi connectivity index (χ0v) is 13.7. The Morgan fingerprint density at radius 1 is 1.39 bits per heavy atom. The number of aliphatic hydroxyl groups excluding tert-OH is 1. The summed E-state index contributed by atoms with van der Waals surface area (Å²) < 4.78 is 10.7. The molecule has 2 rings (SSSR count). The van der Waals surface area contributed by atoms with Gasteiger partial charge >= 0.3 is 0 Å². The number of likely N-dealkylation sites (N-methyl/N-ethyl adjacent to an activating group) is 1. The summed E-state index contributed by atoms with van der Waals surface area (Å²) in [5.41, 5.74) is 1.03. The van der Waals surface area contributed by atoms with Crippen molar-refractivity contribution in [2.24, 2.45) is 0 Å². The summed E-state index contributed by atoms with van der Waals surface area (Å²) in [5, 5.41) is 9.38.